The topological polar surface area (TPSA) is 127 Å². The molecule has 0 spiro atoms. The highest BCUT2D eigenvalue weighted by Gasteiger charge is 2.26. The summed E-state index contributed by atoms with van der Waals surface area (Å²) in [5, 5.41) is 37.7. The Kier molecular flexibility index (Phi) is 6.50. The maximum Gasteiger partial charge on any atom is 0.249 e. The zero-order valence-electron chi connectivity index (χ0n) is 8.54. The third-order valence-electron chi connectivity index (χ3n) is 1.82. The molecule has 0 aromatic heterocycles. The lowest BCUT2D eigenvalue weighted by Gasteiger charge is -2.20. The molecule has 0 unspecified atom stereocenters. The molecule has 16 heavy (non-hydrogen) atoms. The van der Waals surface area contributed by atoms with Gasteiger partial charge in [0.15, 0.2) is 0 Å². The minimum absolute atomic E-state index is 0.572. The minimum atomic E-state index is -1.66. The first-order valence-corrected chi connectivity index (χ1v) is 4.53. The van der Waals surface area contributed by atoms with Crippen molar-refractivity contribution in [3.05, 3.63) is 12.7 Å². The van der Waals surface area contributed by atoms with E-state index in [1.165, 1.54) is 0 Å². The molecule has 0 radical (unpaired) electrons. The van der Waals surface area contributed by atoms with E-state index in [4.69, 9.17) is 10.2 Å². The molecule has 7 heteroatoms. The van der Waals surface area contributed by atoms with Gasteiger partial charge in [-0.25, -0.2) is 0 Å². The van der Waals surface area contributed by atoms with Crippen molar-refractivity contribution in [1.82, 2.24) is 5.32 Å². The van der Waals surface area contributed by atoms with Crippen LogP contribution in [0.4, 0.5) is 0 Å². The molecule has 2 amide bonds. The van der Waals surface area contributed by atoms with E-state index >= 15 is 0 Å². The molecule has 0 saturated carbocycles. The van der Waals surface area contributed by atoms with Crippen LogP contribution >= 0.6 is 0 Å². The highest BCUT2D eigenvalue weighted by Crippen LogP contribution is 2.03. The van der Waals surface area contributed by atoms with E-state index in [9.17, 15) is 19.8 Å². The van der Waals surface area contributed by atoms with Gasteiger partial charge in [-0.15, -0.1) is 0 Å². The third kappa shape index (κ3) is 4.99. The zero-order chi connectivity index (χ0) is 12.7. The van der Waals surface area contributed by atoms with Crippen LogP contribution in [0.3, 0.4) is 0 Å². The molecule has 92 valence electrons. The lowest BCUT2D eigenvalue weighted by Crippen LogP contribution is -2.42. The number of hydrogen-bond donors (Lipinski definition) is 5. The van der Waals surface area contributed by atoms with Gasteiger partial charge in [0, 0.05) is 0 Å². The summed E-state index contributed by atoms with van der Waals surface area (Å²) in [7, 11) is 0. The first-order chi connectivity index (χ1) is 7.42. The second kappa shape index (κ2) is 7.07. The number of rotatable bonds is 6. The van der Waals surface area contributed by atoms with E-state index in [2.05, 4.69) is 6.58 Å². The van der Waals surface area contributed by atoms with Gasteiger partial charge in [0.25, 0.3) is 0 Å². The van der Waals surface area contributed by atoms with Crippen molar-refractivity contribution < 1.29 is 30.0 Å². The molecular formula is C9H15NO6. The van der Waals surface area contributed by atoms with Gasteiger partial charge < -0.3 is 20.4 Å². The van der Waals surface area contributed by atoms with Gasteiger partial charge in [0.05, 0.1) is 19.1 Å². The Balaban J connectivity index is 4.13. The lowest BCUT2D eigenvalue weighted by atomic mass is 10.1. The van der Waals surface area contributed by atoms with Crippen LogP contribution in [0.1, 0.15) is 6.42 Å². The van der Waals surface area contributed by atoms with Crippen LogP contribution in [-0.4, -0.2) is 57.2 Å². The lowest BCUT2D eigenvalue weighted by molar-refractivity contribution is -0.132. The van der Waals surface area contributed by atoms with Crippen molar-refractivity contribution in [2.24, 2.45) is 0 Å². The Hall–Kier alpha value is -1.28. The van der Waals surface area contributed by atoms with Crippen LogP contribution in [-0.2, 0) is 9.59 Å². The van der Waals surface area contributed by atoms with E-state index < -0.39 is 43.2 Å². The van der Waals surface area contributed by atoms with Gasteiger partial charge in [0.2, 0.25) is 11.8 Å². The van der Waals surface area contributed by atoms with E-state index in [-0.39, 0.29) is 0 Å². The maximum absolute atomic E-state index is 11.0. The minimum Gasteiger partial charge on any atom is -0.394 e. The second-order valence-electron chi connectivity index (χ2n) is 3.13. The van der Waals surface area contributed by atoms with Gasteiger partial charge in [-0.05, 0) is 6.08 Å². The fourth-order valence-electron chi connectivity index (χ4n) is 0.915. The van der Waals surface area contributed by atoms with Crippen LogP contribution in [0.5, 0.6) is 0 Å². The van der Waals surface area contributed by atoms with Crippen molar-refractivity contribution in [2.75, 3.05) is 6.61 Å². The van der Waals surface area contributed by atoms with Gasteiger partial charge in [-0.3, -0.25) is 14.9 Å². The zero-order valence-corrected chi connectivity index (χ0v) is 8.54. The molecule has 0 aliphatic rings. The summed E-state index contributed by atoms with van der Waals surface area (Å²) in [6.45, 7) is 2.38. The molecule has 0 fully saturated rings. The Bertz CT molecular complexity index is 267. The maximum atomic E-state index is 11.0. The summed E-state index contributed by atoms with van der Waals surface area (Å²) in [5.41, 5.74) is 0. The molecule has 3 atom stereocenters. The quantitative estimate of drug-likeness (QED) is 0.317. The Morgan fingerprint density at radius 2 is 1.81 bits per heavy atom. The average Bonchev–Trinajstić information content (AvgIpc) is 2.26. The fourth-order valence-corrected chi connectivity index (χ4v) is 0.915. The summed E-state index contributed by atoms with van der Waals surface area (Å²) in [6.07, 6.45) is -4.46. The van der Waals surface area contributed by atoms with Gasteiger partial charge in [-0.1, -0.05) is 6.58 Å². The molecule has 7 nitrogen and oxygen atoms in total. The van der Waals surface area contributed by atoms with Crippen LogP contribution < -0.4 is 5.32 Å². The standard InChI is InChI=1S/C9H15NO6/c1-2-7(14)10-8(15)3-5(12)9(16)6(13)4-11/h2,5-6,9,11-13,16H,1,3-4H2,(H,10,14,15)/t5-,6-,9+/m1/s1. The Labute approximate surface area is 92.0 Å². The SMILES string of the molecule is C=CC(=O)NC(=O)C[C@@H](O)[C@H](O)[C@H](O)CO. The molecule has 0 saturated heterocycles. The van der Waals surface area contributed by atoms with Crippen LogP contribution in [0.25, 0.3) is 0 Å². The van der Waals surface area contributed by atoms with E-state index in [0.717, 1.165) is 6.08 Å². The van der Waals surface area contributed by atoms with Crippen molar-refractivity contribution >= 4 is 11.8 Å². The number of amides is 2. The predicted molar refractivity (Wildman–Crippen MR) is 53.1 cm³/mol. The Morgan fingerprint density at radius 3 is 2.25 bits per heavy atom. The van der Waals surface area contributed by atoms with E-state index in [1.54, 1.807) is 0 Å². The van der Waals surface area contributed by atoms with Crippen LogP contribution in [0.15, 0.2) is 12.7 Å². The number of imide groups is 1. The van der Waals surface area contributed by atoms with Crippen molar-refractivity contribution in [3.8, 4) is 0 Å². The predicted octanol–water partition coefficient (Wildman–Crippen LogP) is -2.72. The molecule has 0 heterocycles. The van der Waals surface area contributed by atoms with Crippen LogP contribution in [0.2, 0.25) is 0 Å². The highest BCUT2D eigenvalue weighted by atomic mass is 16.4. The molecule has 0 aromatic rings. The second-order valence-corrected chi connectivity index (χ2v) is 3.13. The number of carbonyl (C=O) groups excluding carboxylic acids is 2. The summed E-state index contributed by atoms with van der Waals surface area (Å²) in [5.74, 6) is -1.55. The highest BCUT2D eigenvalue weighted by molar-refractivity contribution is 6.00. The first-order valence-electron chi connectivity index (χ1n) is 4.53. The number of aliphatic hydroxyl groups excluding tert-OH is 4. The van der Waals surface area contributed by atoms with Crippen molar-refractivity contribution in [3.63, 3.8) is 0 Å². The molecule has 5 N–H and O–H groups in total. The first kappa shape index (κ1) is 14.7. The molecule has 0 rings (SSSR count). The van der Waals surface area contributed by atoms with E-state index in [1.807, 2.05) is 5.32 Å². The van der Waals surface area contributed by atoms with E-state index in [0.29, 0.717) is 0 Å². The number of nitrogens with one attached hydrogen (secondary N) is 1. The molecular weight excluding hydrogens is 218 g/mol. The third-order valence-corrected chi connectivity index (χ3v) is 1.82. The van der Waals surface area contributed by atoms with Crippen molar-refractivity contribution in [2.45, 2.75) is 24.7 Å². The number of hydrogen-bond acceptors (Lipinski definition) is 6. The smallest absolute Gasteiger partial charge is 0.249 e. The Morgan fingerprint density at radius 1 is 1.25 bits per heavy atom. The molecule has 0 aromatic carbocycles. The van der Waals surface area contributed by atoms with Gasteiger partial charge in [0.1, 0.15) is 12.2 Å². The molecule has 0 bridgehead atoms. The summed E-state index contributed by atoms with van der Waals surface area (Å²) in [4.78, 5) is 21.7. The molecule has 0 aliphatic carbocycles. The van der Waals surface area contributed by atoms with Crippen LogP contribution in [0, 0.1) is 0 Å². The summed E-state index contributed by atoms with van der Waals surface area (Å²) in [6, 6.07) is 0. The number of carbonyl (C=O) groups is 2. The van der Waals surface area contributed by atoms with Gasteiger partial charge >= 0.3 is 0 Å². The largest absolute Gasteiger partial charge is 0.394 e. The molecule has 0 aliphatic heterocycles. The summed E-state index contributed by atoms with van der Waals surface area (Å²) >= 11 is 0. The normalized spacial score (nSPS) is 16.0. The number of aliphatic hydroxyl groups is 4. The van der Waals surface area contributed by atoms with Crippen molar-refractivity contribution in [1.29, 1.82) is 0 Å². The summed E-state index contributed by atoms with van der Waals surface area (Å²) < 4.78 is 0. The monoisotopic (exact) mass is 233 g/mol. The van der Waals surface area contributed by atoms with Gasteiger partial charge in [-0.2, -0.15) is 0 Å². The average molecular weight is 233 g/mol. The fraction of sp³-hybridized carbons (Fsp3) is 0.556.